The predicted octanol–water partition coefficient (Wildman–Crippen LogP) is 3.84. The number of rotatable bonds is 3. The number of halogens is 1. The van der Waals surface area contributed by atoms with Gasteiger partial charge in [-0.2, -0.15) is 0 Å². The third-order valence-corrected chi connectivity index (χ3v) is 5.49. The van der Waals surface area contributed by atoms with Gasteiger partial charge in [0.25, 0.3) is 5.69 Å². The van der Waals surface area contributed by atoms with E-state index in [0.717, 1.165) is 0 Å². The lowest BCUT2D eigenvalue weighted by molar-refractivity contribution is -0.383. The number of hydrogen-bond donors (Lipinski definition) is 1. The topological polar surface area (TPSA) is 92.6 Å². The molecule has 0 bridgehead atoms. The van der Waals surface area contributed by atoms with Crippen LogP contribution in [0.25, 0.3) is 0 Å². The van der Waals surface area contributed by atoms with Gasteiger partial charge in [-0.15, -0.1) is 0 Å². The van der Waals surface area contributed by atoms with E-state index < -0.39 is 21.6 Å². The molecule has 0 saturated carbocycles. The third-order valence-electron chi connectivity index (χ3n) is 3.80. The number of anilines is 3. The van der Waals surface area contributed by atoms with E-state index in [9.17, 15) is 19.1 Å². The summed E-state index contributed by atoms with van der Waals surface area (Å²) in [5, 5.41) is 14.3. The van der Waals surface area contributed by atoms with Gasteiger partial charge < -0.3 is 10.2 Å². The maximum Gasteiger partial charge on any atom is 0.294 e. The lowest BCUT2D eigenvalue weighted by Crippen LogP contribution is -2.24. The summed E-state index contributed by atoms with van der Waals surface area (Å²) in [4.78, 5) is 25.0. The quantitative estimate of drug-likeness (QED) is 0.646. The van der Waals surface area contributed by atoms with Gasteiger partial charge in [0.1, 0.15) is 5.69 Å². The average molecular weight is 380 g/mol. The number of fused-ring (bicyclic) bond motifs is 2. The van der Waals surface area contributed by atoms with E-state index in [1.807, 2.05) is 11.8 Å². The molecule has 2 aromatic rings. The molecule has 1 amide bonds. The molecular weight excluding hydrogens is 366 g/mol. The van der Waals surface area contributed by atoms with E-state index in [4.69, 9.17) is 11.6 Å². The zero-order valence-corrected chi connectivity index (χ0v) is 15.0. The first-order valence-electron chi connectivity index (χ1n) is 7.42. The SMILES string of the molecule is CCN1c2ccc(Cl)cc2S(=O)c2cc(NC(C)=O)c([N+](=O)[O-])cc21. The smallest absolute Gasteiger partial charge is 0.294 e. The molecule has 7 nitrogen and oxygen atoms in total. The van der Waals surface area contributed by atoms with Gasteiger partial charge in [-0.1, -0.05) is 11.6 Å². The van der Waals surface area contributed by atoms with Crippen LogP contribution < -0.4 is 10.2 Å². The van der Waals surface area contributed by atoms with E-state index in [0.29, 0.717) is 32.7 Å². The molecule has 0 spiro atoms. The van der Waals surface area contributed by atoms with Crippen LogP contribution in [0.2, 0.25) is 5.02 Å². The van der Waals surface area contributed by atoms with Crippen LogP contribution in [-0.4, -0.2) is 21.6 Å². The van der Waals surface area contributed by atoms with Gasteiger partial charge in [-0.3, -0.25) is 14.9 Å². The summed E-state index contributed by atoms with van der Waals surface area (Å²) in [6.45, 7) is 3.67. The van der Waals surface area contributed by atoms with Crippen molar-refractivity contribution in [3.05, 3.63) is 45.5 Å². The van der Waals surface area contributed by atoms with Crippen molar-refractivity contribution in [2.24, 2.45) is 0 Å². The van der Waals surface area contributed by atoms with Gasteiger partial charge in [0.15, 0.2) is 0 Å². The molecule has 1 aliphatic heterocycles. The Kier molecular flexibility index (Phi) is 4.49. The average Bonchev–Trinajstić information content (AvgIpc) is 2.55. The fourth-order valence-electron chi connectivity index (χ4n) is 2.81. The van der Waals surface area contributed by atoms with Gasteiger partial charge in [0.2, 0.25) is 5.91 Å². The minimum absolute atomic E-state index is 0.0196. The summed E-state index contributed by atoms with van der Waals surface area (Å²) in [6.07, 6.45) is 0. The number of nitrogens with one attached hydrogen (secondary N) is 1. The molecule has 3 rings (SSSR count). The van der Waals surface area contributed by atoms with Crippen LogP contribution in [0.1, 0.15) is 13.8 Å². The van der Waals surface area contributed by atoms with Crippen molar-refractivity contribution in [3.63, 3.8) is 0 Å². The van der Waals surface area contributed by atoms with E-state index in [1.165, 1.54) is 19.1 Å². The molecule has 1 aliphatic rings. The van der Waals surface area contributed by atoms with E-state index in [2.05, 4.69) is 5.32 Å². The zero-order valence-electron chi connectivity index (χ0n) is 13.4. The highest BCUT2D eigenvalue weighted by Gasteiger charge is 2.31. The number of nitro benzene ring substituents is 1. The Bertz CT molecular complexity index is 932. The number of nitrogens with zero attached hydrogens (tertiary/aromatic N) is 2. The molecule has 2 aromatic carbocycles. The molecule has 0 radical (unpaired) electrons. The van der Waals surface area contributed by atoms with Crippen LogP contribution in [0.3, 0.4) is 0 Å². The van der Waals surface area contributed by atoms with Gasteiger partial charge in [0, 0.05) is 24.6 Å². The fourth-order valence-corrected chi connectivity index (χ4v) is 4.47. The first-order valence-corrected chi connectivity index (χ1v) is 8.95. The van der Waals surface area contributed by atoms with Gasteiger partial charge >= 0.3 is 0 Å². The number of benzene rings is 2. The molecule has 0 aromatic heterocycles. The Hall–Kier alpha value is -2.45. The second-order valence-corrected chi connectivity index (χ2v) is 7.25. The van der Waals surface area contributed by atoms with Crippen molar-refractivity contribution in [2.75, 3.05) is 16.8 Å². The standard InChI is InChI=1S/C16H14ClN3O4S/c1-3-19-12-5-4-10(17)6-15(12)25(24)16-7-11(18-9(2)21)13(20(22)23)8-14(16)19/h4-8H,3H2,1-2H3,(H,18,21). The number of carbonyl (C=O) groups excluding carboxylic acids is 1. The van der Waals surface area contributed by atoms with Crippen molar-refractivity contribution in [3.8, 4) is 0 Å². The Balaban J connectivity index is 2.27. The molecule has 1 atom stereocenters. The first kappa shape index (κ1) is 17.4. The highest BCUT2D eigenvalue weighted by atomic mass is 35.5. The Morgan fingerprint density at radius 3 is 2.56 bits per heavy atom. The van der Waals surface area contributed by atoms with Gasteiger partial charge in [-0.05, 0) is 31.2 Å². The van der Waals surface area contributed by atoms with Gasteiger partial charge in [0.05, 0.1) is 36.9 Å². The van der Waals surface area contributed by atoms with Crippen LogP contribution in [0.15, 0.2) is 40.1 Å². The third kappa shape index (κ3) is 2.98. The van der Waals surface area contributed by atoms with Crippen LogP contribution in [0.5, 0.6) is 0 Å². The minimum Gasteiger partial charge on any atom is -0.340 e. The second kappa shape index (κ2) is 6.45. The van der Waals surface area contributed by atoms with Crippen LogP contribution in [0.4, 0.5) is 22.7 Å². The lowest BCUT2D eigenvalue weighted by atomic mass is 10.2. The first-order chi connectivity index (χ1) is 11.8. The summed E-state index contributed by atoms with van der Waals surface area (Å²) >= 11 is 6.03. The maximum absolute atomic E-state index is 13.0. The summed E-state index contributed by atoms with van der Waals surface area (Å²) < 4.78 is 13.0. The summed E-state index contributed by atoms with van der Waals surface area (Å²) in [7, 11) is -1.57. The highest BCUT2D eigenvalue weighted by Crippen LogP contribution is 2.46. The Morgan fingerprint density at radius 2 is 1.96 bits per heavy atom. The summed E-state index contributed by atoms with van der Waals surface area (Å²) in [5.74, 6) is -0.444. The molecule has 130 valence electrons. The van der Waals surface area contributed by atoms with Crippen LogP contribution in [0, 0.1) is 10.1 Å². The van der Waals surface area contributed by atoms with Crippen molar-refractivity contribution in [1.82, 2.24) is 0 Å². The van der Waals surface area contributed by atoms with E-state index in [1.54, 1.807) is 18.2 Å². The predicted molar refractivity (Wildman–Crippen MR) is 96.2 cm³/mol. The molecule has 0 saturated heterocycles. The lowest BCUT2D eigenvalue weighted by Gasteiger charge is -2.32. The number of nitro groups is 1. The molecular formula is C16H14ClN3O4S. The number of amides is 1. The van der Waals surface area contributed by atoms with Crippen molar-refractivity contribution >= 4 is 51.1 Å². The molecule has 0 fully saturated rings. The van der Waals surface area contributed by atoms with Crippen LogP contribution >= 0.6 is 11.6 Å². The zero-order chi connectivity index (χ0) is 18.3. The molecule has 0 aliphatic carbocycles. The summed E-state index contributed by atoms with van der Waals surface area (Å²) in [5.41, 5.74) is 0.948. The largest absolute Gasteiger partial charge is 0.340 e. The molecule has 1 N–H and O–H groups in total. The monoisotopic (exact) mass is 379 g/mol. The molecule has 1 unspecified atom stereocenters. The van der Waals surface area contributed by atoms with Crippen molar-refractivity contribution in [2.45, 2.75) is 23.6 Å². The molecule has 1 heterocycles. The van der Waals surface area contributed by atoms with Crippen molar-refractivity contribution < 1.29 is 13.9 Å². The Morgan fingerprint density at radius 1 is 1.28 bits per heavy atom. The normalized spacial score (nSPS) is 15.3. The number of hydrogen-bond acceptors (Lipinski definition) is 5. The Labute approximate surface area is 151 Å². The minimum atomic E-state index is -1.57. The summed E-state index contributed by atoms with van der Waals surface area (Å²) in [6, 6.07) is 7.80. The van der Waals surface area contributed by atoms with Crippen molar-refractivity contribution in [1.29, 1.82) is 0 Å². The van der Waals surface area contributed by atoms with Crippen LogP contribution in [-0.2, 0) is 15.6 Å². The second-order valence-electron chi connectivity index (χ2n) is 5.40. The molecule has 25 heavy (non-hydrogen) atoms. The number of carbonyl (C=O) groups is 1. The molecule has 9 heteroatoms. The van der Waals surface area contributed by atoms with Gasteiger partial charge in [-0.25, -0.2) is 4.21 Å². The van der Waals surface area contributed by atoms with E-state index >= 15 is 0 Å². The maximum atomic E-state index is 13.0. The fraction of sp³-hybridized carbons (Fsp3) is 0.188. The highest BCUT2D eigenvalue weighted by molar-refractivity contribution is 7.85. The van der Waals surface area contributed by atoms with E-state index in [-0.39, 0.29) is 11.4 Å².